The Morgan fingerprint density at radius 3 is 2.31 bits per heavy atom. The van der Waals surface area contributed by atoms with Gasteiger partial charge in [0.05, 0.1) is 0 Å². The van der Waals surface area contributed by atoms with Crippen LogP contribution in [-0.4, -0.2) is 19.6 Å². The number of hydrogen-bond acceptors (Lipinski definition) is 3. The molecule has 4 nitrogen and oxygen atoms in total. The molecule has 0 unspecified atom stereocenters. The number of aromatic hydroxyl groups is 1. The van der Waals surface area contributed by atoms with E-state index in [0.29, 0.717) is 0 Å². The zero-order valence-electron chi connectivity index (χ0n) is 9.47. The number of benzene rings is 1. The van der Waals surface area contributed by atoms with Crippen LogP contribution in [0, 0.1) is 0 Å². The Balaban J connectivity index is 2.99. The van der Waals surface area contributed by atoms with Crippen LogP contribution in [0.3, 0.4) is 0 Å². The highest BCUT2D eigenvalue weighted by molar-refractivity contribution is 7.89. The average molecular weight is 243 g/mol. The highest BCUT2D eigenvalue weighted by Crippen LogP contribution is 2.21. The second-order valence-corrected chi connectivity index (χ2v) is 5.28. The van der Waals surface area contributed by atoms with Crippen molar-refractivity contribution < 1.29 is 13.5 Å². The summed E-state index contributed by atoms with van der Waals surface area (Å²) >= 11 is 0. The third-order valence-corrected chi connectivity index (χ3v) is 4.03. The molecular formula is C11H17NO3S. The number of para-hydroxylation sites is 1. The van der Waals surface area contributed by atoms with Crippen molar-refractivity contribution >= 4 is 10.0 Å². The van der Waals surface area contributed by atoms with Crippen LogP contribution in [0.2, 0.25) is 0 Å². The first-order valence-corrected chi connectivity index (χ1v) is 6.80. The van der Waals surface area contributed by atoms with Crippen molar-refractivity contribution in [3.05, 3.63) is 24.3 Å². The molecule has 5 heteroatoms. The first-order chi connectivity index (χ1) is 7.51. The van der Waals surface area contributed by atoms with Gasteiger partial charge in [0.1, 0.15) is 10.6 Å². The summed E-state index contributed by atoms with van der Waals surface area (Å²) in [7, 11) is -3.61. The van der Waals surface area contributed by atoms with Crippen LogP contribution in [0.25, 0.3) is 0 Å². The number of phenols is 1. The van der Waals surface area contributed by atoms with Crippen LogP contribution in [0.4, 0.5) is 0 Å². The van der Waals surface area contributed by atoms with Gasteiger partial charge < -0.3 is 5.11 Å². The lowest BCUT2D eigenvalue weighted by Gasteiger charge is -2.15. The van der Waals surface area contributed by atoms with E-state index in [4.69, 9.17) is 0 Å². The summed E-state index contributed by atoms with van der Waals surface area (Å²) in [5, 5.41) is 9.49. The number of nitrogens with one attached hydrogen (secondary N) is 1. The van der Waals surface area contributed by atoms with E-state index in [-0.39, 0.29) is 16.7 Å². The van der Waals surface area contributed by atoms with E-state index in [9.17, 15) is 13.5 Å². The third-order valence-electron chi connectivity index (χ3n) is 2.46. The molecule has 0 aliphatic heterocycles. The minimum atomic E-state index is -3.61. The Morgan fingerprint density at radius 2 is 1.81 bits per heavy atom. The molecule has 0 amide bonds. The molecule has 16 heavy (non-hydrogen) atoms. The van der Waals surface area contributed by atoms with Crippen molar-refractivity contribution in [3.63, 3.8) is 0 Å². The predicted molar refractivity (Wildman–Crippen MR) is 62.8 cm³/mol. The van der Waals surface area contributed by atoms with Gasteiger partial charge in [-0.15, -0.1) is 0 Å². The van der Waals surface area contributed by atoms with Gasteiger partial charge in [0.2, 0.25) is 10.0 Å². The van der Waals surface area contributed by atoms with Crippen LogP contribution < -0.4 is 4.72 Å². The van der Waals surface area contributed by atoms with Crippen molar-refractivity contribution in [2.45, 2.75) is 37.6 Å². The molecule has 1 aromatic carbocycles. The van der Waals surface area contributed by atoms with E-state index in [0.717, 1.165) is 12.8 Å². The molecule has 0 atom stereocenters. The lowest BCUT2D eigenvalue weighted by Crippen LogP contribution is -2.33. The number of sulfonamides is 1. The van der Waals surface area contributed by atoms with Crippen molar-refractivity contribution in [2.24, 2.45) is 0 Å². The predicted octanol–water partition coefficient (Wildman–Crippen LogP) is 1.86. The molecule has 0 bridgehead atoms. The van der Waals surface area contributed by atoms with Gasteiger partial charge in [-0.2, -0.15) is 0 Å². The maximum absolute atomic E-state index is 11.9. The standard InChI is InChI=1S/C11H17NO3S/c1-3-9(4-2)12-16(14,15)11-8-6-5-7-10(11)13/h5-9,12-13H,3-4H2,1-2H3. The van der Waals surface area contributed by atoms with Crippen molar-refractivity contribution in [3.8, 4) is 5.75 Å². The van der Waals surface area contributed by atoms with Gasteiger partial charge in [-0.3, -0.25) is 0 Å². The highest BCUT2D eigenvalue weighted by Gasteiger charge is 2.20. The van der Waals surface area contributed by atoms with Crippen molar-refractivity contribution in [1.29, 1.82) is 0 Å². The second kappa shape index (κ2) is 5.32. The maximum Gasteiger partial charge on any atom is 0.244 e. The zero-order valence-corrected chi connectivity index (χ0v) is 10.3. The number of hydrogen-bond donors (Lipinski definition) is 2. The normalized spacial score (nSPS) is 11.9. The molecule has 90 valence electrons. The van der Waals surface area contributed by atoms with E-state index in [1.165, 1.54) is 12.1 Å². The summed E-state index contributed by atoms with van der Waals surface area (Å²) in [6, 6.07) is 5.83. The molecule has 0 aliphatic carbocycles. The van der Waals surface area contributed by atoms with E-state index in [2.05, 4.69) is 4.72 Å². The minimum absolute atomic E-state index is 0.0677. The maximum atomic E-state index is 11.9. The Kier molecular flexibility index (Phi) is 4.32. The molecule has 0 fully saturated rings. The molecule has 0 radical (unpaired) electrons. The number of rotatable bonds is 5. The topological polar surface area (TPSA) is 66.4 Å². The minimum Gasteiger partial charge on any atom is -0.507 e. The summed E-state index contributed by atoms with van der Waals surface area (Å²) in [6.07, 6.45) is 1.45. The molecule has 0 heterocycles. The summed E-state index contributed by atoms with van der Waals surface area (Å²) in [4.78, 5) is -0.0677. The van der Waals surface area contributed by atoms with Gasteiger partial charge >= 0.3 is 0 Å². The molecule has 0 saturated carbocycles. The Hall–Kier alpha value is -1.07. The van der Waals surface area contributed by atoms with Gasteiger partial charge in [0.25, 0.3) is 0 Å². The lowest BCUT2D eigenvalue weighted by molar-refractivity contribution is 0.456. The molecule has 1 aromatic rings. The average Bonchev–Trinajstić information content (AvgIpc) is 2.26. The lowest BCUT2D eigenvalue weighted by atomic mass is 10.2. The Morgan fingerprint density at radius 1 is 1.25 bits per heavy atom. The third kappa shape index (κ3) is 2.96. The van der Waals surface area contributed by atoms with Crippen LogP contribution in [0.1, 0.15) is 26.7 Å². The molecule has 0 saturated heterocycles. The smallest absolute Gasteiger partial charge is 0.244 e. The van der Waals surface area contributed by atoms with Crippen LogP contribution in [0.15, 0.2) is 29.2 Å². The zero-order chi connectivity index (χ0) is 12.2. The summed E-state index contributed by atoms with van der Waals surface area (Å²) in [5.74, 6) is -0.221. The van der Waals surface area contributed by atoms with Gasteiger partial charge in [0.15, 0.2) is 0 Å². The Bertz CT molecular complexity index is 438. The van der Waals surface area contributed by atoms with Gasteiger partial charge in [-0.05, 0) is 25.0 Å². The van der Waals surface area contributed by atoms with Crippen molar-refractivity contribution in [1.82, 2.24) is 4.72 Å². The first kappa shape index (κ1) is 13.0. The van der Waals surface area contributed by atoms with Crippen molar-refractivity contribution in [2.75, 3.05) is 0 Å². The Labute approximate surface area is 96.4 Å². The monoisotopic (exact) mass is 243 g/mol. The SMILES string of the molecule is CCC(CC)NS(=O)(=O)c1ccccc1O. The van der Waals surface area contributed by atoms with E-state index >= 15 is 0 Å². The summed E-state index contributed by atoms with van der Waals surface area (Å²) < 4.78 is 26.4. The van der Waals surface area contributed by atoms with E-state index < -0.39 is 10.0 Å². The van der Waals surface area contributed by atoms with Crippen LogP contribution in [0.5, 0.6) is 5.75 Å². The molecule has 0 aromatic heterocycles. The molecule has 0 spiro atoms. The van der Waals surface area contributed by atoms with E-state index in [1.807, 2.05) is 13.8 Å². The van der Waals surface area contributed by atoms with Gasteiger partial charge in [0, 0.05) is 6.04 Å². The molecule has 1 rings (SSSR count). The second-order valence-electron chi connectivity index (χ2n) is 3.60. The van der Waals surface area contributed by atoms with Gasteiger partial charge in [-0.1, -0.05) is 26.0 Å². The van der Waals surface area contributed by atoms with Crippen LogP contribution >= 0.6 is 0 Å². The summed E-state index contributed by atoms with van der Waals surface area (Å²) in [6.45, 7) is 3.84. The fraction of sp³-hybridized carbons (Fsp3) is 0.455. The number of phenolic OH excluding ortho intramolecular Hbond substituents is 1. The highest BCUT2D eigenvalue weighted by atomic mass is 32.2. The van der Waals surface area contributed by atoms with Gasteiger partial charge in [-0.25, -0.2) is 13.1 Å². The quantitative estimate of drug-likeness (QED) is 0.829. The fourth-order valence-corrected chi connectivity index (χ4v) is 2.92. The van der Waals surface area contributed by atoms with Crippen LogP contribution in [-0.2, 0) is 10.0 Å². The molecule has 2 N–H and O–H groups in total. The largest absolute Gasteiger partial charge is 0.507 e. The summed E-state index contributed by atoms with van der Waals surface area (Å²) in [5.41, 5.74) is 0. The van der Waals surface area contributed by atoms with E-state index in [1.54, 1.807) is 12.1 Å². The fourth-order valence-electron chi connectivity index (χ4n) is 1.42. The molecular weight excluding hydrogens is 226 g/mol. The molecule has 0 aliphatic rings. The first-order valence-electron chi connectivity index (χ1n) is 5.31.